The molecule has 122 valence electrons. The molecule has 0 spiro atoms. The third-order valence-electron chi connectivity index (χ3n) is 4.01. The molecular formula is C18H20FNO2S. The molecule has 2 heterocycles. The second-order valence-corrected chi connectivity index (χ2v) is 6.78. The Hall–Kier alpha value is -1.88. The number of thiophene rings is 1. The Balaban J connectivity index is 1.56. The molecule has 0 N–H and O–H groups in total. The maximum absolute atomic E-state index is 14.3. The van der Waals surface area contributed by atoms with Crippen LogP contribution in [-0.4, -0.2) is 19.1 Å². The number of anilines is 1. The lowest BCUT2D eigenvalue weighted by atomic mass is 10.1. The quantitative estimate of drug-likeness (QED) is 0.769. The van der Waals surface area contributed by atoms with Crippen LogP contribution in [0.2, 0.25) is 0 Å². The summed E-state index contributed by atoms with van der Waals surface area (Å²) in [5, 5.41) is 1.93. The molecule has 1 saturated heterocycles. The average Bonchev–Trinajstić information content (AvgIpc) is 3.07. The zero-order chi connectivity index (χ0) is 16.1. The number of halogens is 1. The lowest BCUT2D eigenvalue weighted by Crippen LogP contribution is -2.30. The number of carbonyl (C=O) groups is 1. The monoisotopic (exact) mass is 333 g/mol. The van der Waals surface area contributed by atoms with E-state index in [0.29, 0.717) is 11.3 Å². The van der Waals surface area contributed by atoms with Gasteiger partial charge in [-0.05, 0) is 48.4 Å². The van der Waals surface area contributed by atoms with Crippen LogP contribution in [-0.2, 0) is 22.6 Å². The highest BCUT2D eigenvalue weighted by Crippen LogP contribution is 2.24. The van der Waals surface area contributed by atoms with Gasteiger partial charge in [-0.2, -0.15) is 0 Å². The molecule has 0 amide bonds. The van der Waals surface area contributed by atoms with E-state index in [1.165, 1.54) is 23.8 Å². The van der Waals surface area contributed by atoms with Crippen LogP contribution in [0.15, 0.2) is 35.7 Å². The molecule has 1 fully saturated rings. The van der Waals surface area contributed by atoms with Gasteiger partial charge in [-0.1, -0.05) is 12.1 Å². The standard InChI is InChI=1S/C18H20FNO2S/c19-16-11-14(6-7-17(16)20-8-2-1-3-9-20)13-22-18(21)12-15-5-4-10-23-15/h4-7,10-11H,1-3,8-9,12-13H2. The predicted molar refractivity (Wildman–Crippen MR) is 90.3 cm³/mol. The first kappa shape index (κ1) is 16.0. The predicted octanol–water partition coefficient (Wildman–Crippen LogP) is 4.16. The molecule has 0 saturated carbocycles. The van der Waals surface area contributed by atoms with Crippen molar-refractivity contribution < 1.29 is 13.9 Å². The molecule has 1 aromatic heterocycles. The third-order valence-corrected chi connectivity index (χ3v) is 4.88. The summed E-state index contributed by atoms with van der Waals surface area (Å²) in [6, 6.07) is 8.91. The van der Waals surface area contributed by atoms with E-state index in [1.54, 1.807) is 6.07 Å². The summed E-state index contributed by atoms with van der Waals surface area (Å²) >= 11 is 1.53. The van der Waals surface area contributed by atoms with Crippen LogP contribution in [0.25, 0.3) is 0 Å². The van der Waals surface area contributed by atoms with Gasteiger partial charge in [0.25, 0.3) is 0 Å². The first-order valence-corrected chi connectivity index (χ1v) is 8.82. The number of esters is 1. The number of ether oxygens (including phenoxy) is 1. The van der Waals surface area contributed by atoms with Crippen molar-refractivity contribution in [3.8, 4) is 0 Å². The van der Waals surface area contributed by atoms with E-state index in [1.807, 2.05) is 23.6 Å². The van der Waals surface area contributed by atoms with Crippen LogP contribution in [0.5, 0.6) is 0 Å². The van der Waals surface area contributed by atoms with Crippen LogP contribution in [0, 0.1) is 5.82 Å². The lowest BCUT2D eigenvalue weighted by Gasteiger charge is -2.29. The van der Waals surface area contributed by atoms with Gasteiger partial charge in [-0.15, -0.1) is 11.3 Å². The zero-order valence-corrected chi connectivity index (χ0v) is 13.8. The Morgan fingerprint density at radius 2 is 2.04 bits per heavy atom. The second kappa shape index (κ2) is 7.59. The van der Waals surface area contributed by atoms with Crippen LogP contribution in [0.1, 0.15) is 29.7 Å². The van der Waals surface area contributed by atoms with Crippen LogP contribution in [0.3, 0.4) is 0 Å². The van der Waals surface area contributed by atoms with Gasteiger partial charge in [0.05, 0.1) is 12.1 Å². The van der Waals surface area contributed by atoms with Gasteiger partial charge in [0.1, 0.15) is 12.4 Å². The molecule has 23 heavy (non-hydrogen) atoms. The van der Waals surface area contributed by atoms with Crippen LogP contribution in [0.4, 0.5) is 10.1 Å². The molecule has 1 aromatic carbocycles. The number of piperidine rings is 1. The molecule has 0 atom stereocenters. The molecule has 3 nitrogen and oxygen atoms in total. The Labute approximate surface area is 139 Å². The smallest absolute Gasteiger partial charge is 0.311 e. The normalized spacial score (nSPS) is 14.7. The Morgan fingerprint density at radius 3 is 2.74 bits per heavy atom. The Morgan fingerprint density at radius 1 is 1.22 bits per heavy atom. The molecule has 5 heteroatoms. The molecule has 1 aliphatic heterocycles. The number of carbonyl (C=O) groups excluding carboxylic acids is 1. The van der Waals surface area contributed by atoms with Crippen molar-refractivity contribution in [3.05, 3.63) is 52.0 Å². The summed E-state index contributed by atoms with van der Waals surface area (Å²) in [6.07, 6.45) is 3.71. The van der Waals surface area contributed by atoms with Gasteiger partial charge in [-0.25, -0.2) is 4.39 Å². The number of nitrogens with zero attached hydrogens (tertiary/aromatic N) is 1. The summed E-state index contributed by atoms with van der Waals surface area (Å²) in [4.78, 5) is 14.8. The summed E-state index contributed by atoms with van der Waals surface area (Å²) < 4.78 is 19.5. The van der Waals surface area contributed by atoms with Crippen molar-refractivity contribution in [2.45, 2.75) is 32.3 Å². The van der Waals surface area contributed by atoms with Crippen molar-refractivity contribution in [1.29, 1.82) is 0 Å². The minimum absolute atomic E-state index is 0.113. The molecule has 3 rings (SSSR count). The summed E-state index contributed by atoms with van der Waals surface area (Å²) in [7, 11) is 0. The summed E-state index contributed by atoms with van der Waals surface area (Å²) in [6.45, 7) is 1.93. The van der Waals surface area contributed by atoms with E-state index in [-0.39, 0.29) is 24.8 Å². The number of benzene rings is 1. The fraction of sp³-hybridized carbons (Fsp3) is 0.389. The molecule has 0 aliphatic carbocycles. The van der Waals surface area contributed by atoms with E-state index >= 15 is 0 Å². The van der Waals surface area contributed by atoms with Gasteiger partial charge >= 0.3 is 5.97 Å². The third kappa shape index (κ3) is 4.32. The molecule has 2 aromatic rings. The molecule has 0 bridgehead atoms. The maximum Gasteiger partial charge on any atom is 0.311 e. The first-order valence-electron chi connectivity index (χ1n) is 7.94. The van der Waals surface area contributed by atoms with E-state index in [9.17, 15) is 9.18 Å². The summed E-state index contributed by atoms with van der Waals surface area (Å²) in [5.74, 6) is -0.522. The average molecular weight is 333 g/mol. The molecule has 0 radical (unpaired) electrons. The van der Waals surface area contributed by atoms with Crippen molar-refractivity contribution in [2.75, 3.05) is 18.0 Å². The largest absolute Gasteiger partial charge is 0.461 e. The Kier molecular flexibility index (Phi) is 5.28. The van der Waals surface area contributed by atoms with Crippen LogP contribution >= 0.6 is 11.3 Å². The number of rotatable bonds is 5. The highest BCUT2D eigenvalue weighted by molar-refractivity contribution is 7.10. The van der Waals surface area contributed by atoms with Gasteiger partial charge < -0.3 is 9.64 Å². The summed E-state index contributed by atoms with van der Waals surface area (Å²) in [5.41, 5.74) is 1.33. The topological polar surface area (TPSA) is 29.5 Å². The fourth-order valence-corrected chi connectivity index (χ4v) is 3.49. The van der Waals surface area contributed by atoms with Crippen molar-refractivity contribution in [3.63, 3.8) is 0 Å². The maximum atomic E-state index is 14.3. The first-order chi connectivity index (χ1) is 11.2. The zero-order valence-electron chi connectivity index (χ0n) is 13.0. The van der Waals surface area contributed by atoms with Gasteiger partial charge in [0.15, 0.2) is 0 Å². The van der Waals surface area contributed by atoms with Crippen molar-refractivity contribution >= 4 is 23.0 Å². The van der Waals surface area contributed by atoms with Gasteiger partial charge in [0, 0.05) is 18.0 Å². The fourth-order valence-electron chi connectivity index (χ4n) is 2.80. The number of hydrogen-bond donors (Lipinski definition) is 0. The van der Waals surface area contributed by atoms with E-state index in [0.717, 1.165) is 30.8 Å². The number of hydrogen-bond acceptors (Lipinski definition) is 4. The van der Waals surface area contributed by atoms with Gasteiger partial charge in [0.2, 0.25) is 0 Å². The van der Waals surface area contributed by atoms with Crippen molar-refractivity contribution in [2.24, 2.45) is 0 Å². The van der Waals surface area contributed by atoms with E-state index < -0.39 is 0 Å². The van der Waals surface area contributed by atoms with Crippen molar-refractivity contribution in [1.82, 2.24) is 0 Å². The molecule has 1 aliphatic rings. The highest BCUT2D eigenvalue weighted by Gasteiger charge is 2.15. The highest BCUT2D eigenvalue weighted by atomic mass is 32.1. The SMILES string of the molecule is O=C(Cc1cccs1)OCc1ccc(N2CCCCC2)c(F)c1. The minimum Gasteiger partial charge on any atom is -0.461 e. The second-order valence-electron chi connectivity index (χ2n) is 5.75. The van der Waals surface area contributed by atoms with E-state index in [2.05, 4.69) is 4.90 Å². The molecule has 0 unspecified atom stereocenters. The Bertz CT molecular complexity index is 651. The van der Waals surface area contributed by atoms with Gasteiger partial charge in [-0.3, -0.25) is 4.79 Å². The van der Waals surface area contributed by atoms with Crippen LogP contribution < -0.4 is 4.90 Å². The molecular weight excluding hydrogens is 313 g/mol. The van der Waals surface area contributed by atoms with E-state index in [4.69, 9.17) is 4.74 Å². The lowest BCUT2D eigenvalue weighted by molar-refractivity contribution is -0.144. The minimum atomic E-state index is -0.284.